The van der Waals surface area contributed by atoms with Crippen molar-refractivity contribution in [2.75, 3.05) is 24.3 Å². The third-order valence-electron chi connectivity index (χ3n) is 2.95. The van der Waals surface area contributed by atoms with E-state index in [1.165, 1.54) is 13.2 Å². The van der Waals surface area contributed by atoms with Gasteiger partial charge in [-0.05, 0) is 6.42 Å². The Kier molecular flexibility index (Phi) is 3.17. The Morgan fingerprint density at radius 2 is 2.24 bits per heavy atom. The Balaban J connectivity index is 2.36. The standard InChI is InChI=1S/C12H15FN2O2/c1-3-7-6-14-9-5-11(17-2)8(13)4-10(9)15-12(7)16/h4-5,7,14H,3,6H2,1-2H3,(H,15,16). The summed E-state index contributed by atoms with van der Waals surface area (Å²) in [5, 5.41) is 5.85. The lowest BCUT2D eigenvalue weighted by Crippen LogP contribution is -2.24. The summed E-state index contributed by atoms with van der Waals surface area (Å²) in [6.07, 6.45) is 0.742. The van der Waals surface area contributed by atoms with Gasteiger partial charge in [0.2, 0.25) is 5.91 Å². The molecule has 0 saturated heterocycles. The first kappa shape index (κ1) is 11.7. The van der Waals surface area contributed by atoms with Crippen molar-refractivity contribution in [1.82, 2.24) is 0 Å². The lowest BCUT2D eigenvalue weighted by Gasteiger charge is -2.10. The molecule has 1 atom stereocenters. The van der Waals surface area contributed by atoms with Gasteiger partial charge in [0.1, 0.15) is 0 Å². The van der Waals surface area contributed by atoms with Gasteiger partial charge in [0.05, 0.1) is 24.4 Å². The number of rotatable bonds is 2. The summed E-state index contributed by atoms with van der Waals surface area (Å²) in [5.74, 6) is -0.497. The second-order valence-corrected chi connectivity index (χ2v) is 4.01. The molecule has 1 unspecified atom stereocenters. The average molecular weight is 238 g/mol. The van der Waals surface area contributed by atoms with E-state index in [2.05, 4.69) is 10.6 Å². The lowest BCUT2D eigenvalue weighted by molar-refractivity contribution is -0.119. The number of nitrogens with one attached hydrogen (secondary N) is 2. The molecule has 1 amide bonds. The van der Waals surface area contributed by atoms with Gasteiger partial charge in [0, 0.05) is 18.7 Å². The van der Waals surface area contributed by atoms with Crippen LogP contribution < -0.4 is 15.4 Å². The highest BCUT2D eigenvalue weighted by atomic mass is 19.1. The average Bonchev–Trinajstić information content (AvgIpc) is 2.46. The third kappa shape index (κ3) is 2.18. The molecule has 1 heterocycles. The zero-order valence-electron chi connectivity index (χ0n) is 9.84. The number of methoxy groups -OCH3 is 1. The highest BCUT2D eigenvalue weighted by molar-refractivity contribution is 5.97. The quantitative estimate of drug-likeness (QED) is 0.830. The second-order valence-electron chi connectivity index (χ2n) is 4.01. The topological polar surface area (TPSA) is 50.4 Å². The lowest BCUT2D eigenvalue weighted by atomic mass is 10.1. The number of hydrogen-bond acceptors (Lipinski definition) is 3. The number of fused-ring (bicyclic) bond motifs is 1. The number of carbonyl (C=O) groups is 1. The Hall–Kier alpha value is -1.78. The summed E-state index contributed by atoms with van der Waals surface area (Å²) < 4.78 is 18.4. The molecule has 1 aromatic carbocycles. The number of anilines is 2. The molecule has 0 spiro atoms. The molecule has 17 heavy (non-hydrogen) atoms. The largest absolute Gasteiger partial charge is 0.494 e. The molecule has 2 N–H and O–H groups in total. The first-order valence-electron chi connectivity index (χ1n) is 5.58. The van der Waals surface area contributed by atoms with Crippen molar-refractivity contribution in [3.8, 4) is 5.75 Å². The first-order valence-corrected chi connectivity index (χ1v) is 5.58. The van der Waals surface area contributed by atoms with Crippen LogP contribution in [0.2, 0.25) is 0 Å². The summed E-state index contributed by atoms with van der Waals surface area (Å²) in [5.41, 5.74) is 1.15. The maximum absolute atomic E-state index is 13.5. The van der Waals surface area contributed by atoms with Crippen molar-refractivity contribution < 1.29 is 13.9 Å². The number of halogens is 1. The Labute approximate surface area is 99.2 Å². The van der Waals surface area contributed by atoms with Crippen LogP contribution in [0.15, 0.2) is 12.1 Å². The molecule has 5 heteroatoms. The van der Waals surface area contributed by atoms with Crippen LogP contribution in [0.4, 0.5) is 15.8 Å². The van der Waals surface area contributed by atoms with Crippen molar-refractivity contribution in [3.63, 3.8) is 0 Å². The number of amides is 1. The van der Waals surface area contributed by atoms with E-state index >= 15 is 0 Å². The number of benzene rings is 1. The fourth-order valence-electron chi connectivity index (χ4n) is 1.85. The molecule has 0 fully saturated rings. The molecular formula is C12H15FN2O2. The molecular weight excluding hydrogens is 223 g/mol. The van der Waals surface area contributed by atoms with Gasteiger partial charge in [0.25, 0.3) is 0 Å². The summed E-state index contributed by atoms with van der Waals surface area (Å²) in [6, 6.07) is 2.83. The highest BCUT2D eigenvalue weighted by Crippen LogP contribution is 2.32. The number of carbonyl (C=O) groups excluding carboxylic acids is 1. The zero-order valence-corrected chi connectivity index (χ0v) is 9.84. The minimum atomic E-state index is -0.483. The van der Waals surface area contributed by atoms with Crippen molar-refractivity contribution in [2.45, 2.75) is 13.3 Å². The normalized spacial score (nSPS) is 18.8. The molecule has 1 aliphatic rings. The van der Waals surface area contributed by atoms with E-state index in [1.807, 2.05) is 6.92 Å². The van der Waals surface area contributed by atoms with Crippen molar-refractivity contribution in [2.24, 2.45) is 5.92 Å². The van der Waals surface area contributed by atoms with Crippen LogP contribution in [-0.2, 0) is 4.79 Å². The maximum atomic E-state index is 13.5. The molecule has 4 nitrogen and oxygen atoms in total. The van der Waals surface area contributed by atoms with Gasteiger partial charge in [-0.15, -0.1) is 0 Å². The van der Waals surface area contributed by atoms with Crippen LogP contribution in [0.25, 0.3) is 0 Å². The van der Waals surface area contributed by atoms with Crippen LogP contribution in [0.3, 0.4) is 0 Å². The molecule has 0 saturated carbocycles. The second kappa shape index (κ2) is 4.61. The first-order chi connectivity index (χ1) is 8.15. The van der Waals surface area contributed by atoms with Gasteiger partial charge in [-0.2, -0.15) is 0 Å². The monoisotopic (exact) mass is 238 g/mol. The van der Waals surface area contributed by atoms with Gasteiger partial charge in [-0.1, -0.05) is 6.92 Å². The minimum absolute atomic E-state index is 0.0803. The van der Waals surface area contributed by atoms with Crippen LogP contribution >= 0.6 is 0 Å². The predicted octanol–water partition coefficient (Wildman–Crippen LogP) is 2.22. The fourth-order valence-corrected chi connectivity index (χ4v) is 1.85. The van der Waals surface area contributed by atoms with E-state index in [-0.39, 0.29) is 17.6 Å². The van der Waals surface area contributed by atoms with E-state index in [9.17, 15) is 9.18 Å². The van der Waals surface area contributed by atoms with Crippen LogP contribution in [-0.4, -0.2) is 19.6 Å². The van der Waals surface area contributed by atoms with E-state index < -0.39 is 5.82 Å². The van der Waals surface area contributed by atoms with Gasteiger partial charge >= 0.3 is 0 Å². The van der Waals surface area contributed by atoms with Crippen LogP contribution in [0.5, 0.6) is 5.75 Å². The highest BCUT2D eigenvalue weighted by Gasteiger charge is 2.23. The van der Waals surface area contributed by atoms with Crippen molar-refractivity contribution in [1.29, 1.82) is 0 Å². The van der Waals surface area contributed by atoms with Crippen molar-refractivity contribution >= 4 is 17.3 Å². The zero-order chi connectivity index (χ0) is 12.4. The summed E-state index contributed by atoms with van der Waals surface area (Å²) in [4.78, 5) is 11.8. The van der Waals surface area contributed by atoms with E-state index in [1.54, 1.807) is 6.07 Å². The molecule has 0 aliphatic carbocycles. The Morgan fingerprint density at radius 1 is 1.47 bits per heavy atom. The van der Waals surface area contributed by atoms with Gasteiger partial charge in [0.15, 0.2) is 11.6 Å². The Morgan fingerprint density at radius 3 is 2.88 bits per heavy atom. The van der Waals surface area contributed by atoms with Crippen LogP contribution in [0.1, 0.15) is 13.3 Å². The van der Waals surface area contributed by atoms with Gasteiger partial charge < -0.3 is 15.4 Å². The summed E-state index contributed by atoms with van der Waals surface area (Å²) in [6.45, 7) is 2.49. The molecule has 1 aliphatic heterocycles. The number of ether oxygens (including phenoxy) is 1. The molecule has 92 valence electrons. The predicted molar refractivity (Wildman–Crippen MR) is 63.9 cm³/mol. The molecule has 0 radical (unpaired) electrons. The summed E-state index contributed by atoms with van der Waals surface area (Å²) >= 11 is 0. The van der Waals surface area contributed by atoms with Crippen LogP contribution in [0, 0.1) is 11.7 Å². The molecule has 2 rings (SSSR count). The molecule has 1 aromatic rings. The SMILES string of the molecule is CCC1CNc2cc(OC)c(F)cc2NC1=O. The fraction of sp³-hybridized carbons (Fsp3) is 0.417. The maximum Gasteiger partial charge on any atom is 0.229 e. The minimum Gasteiger partial charge on any atom is -0.494 e. The van der Waals surface area contributed by atoms with E-state index in [4.69, 9.17) is 4.74 Å². The molecule has 0 aromatic heterocycles. The summed E-state index contributed by atoms with van der Waals surface area (Å²) in [7, 11) is 1.41. The van der Waals surface area contributed by atoms with Gasteiger partial charge in [-0.25, -0.2) is 4.39 Å². The Bertz CT molecular complexity index is 448. The number of hydrogen-bond donors (Lipinski definition) is 2. The van der Waals surface area contributed by atoms with E-state index in [0.717, 1.165) is 6.42 Å². The third-order valence-corrected chi connectivity index (χ3v) is 2.95. The van der Waals surface area contributed by atoms with Gasteiger partial charge in [-0.3, -0.25) is 4.79 Å². The van der Waals surface area contributed by atoms with E-state index in [0.29, 0.717) is 17.9 Å². The smallest absolute Gasteiger partial charge is 0.229 e. The molecule has 0 bridgehead atoms. The van der Waals surface area contributed by atoms with Crippen molar-refractivity contribution in [3.05, 3.63) is 17.9 Å².